The summed E-state index contributed by atoms with van der Waals surface area (Å²) < 4.78 is 5.08. The van der Waals surface area contributed by atoms with Gasteiger partial charge in [-0.1, -0.05) is 19.0 Å². The third-order valence-electron chi connectivity index (χ3n) is 3.70. The minimum absolute atomic E-state index is 0.141. The number of hydrogen-bond acceptors (Lipinski definition) is 6. The van der Waals surface area contributed by atoms with Gasteiger partial charge >= 0.3 is 5.97 Å². The molecule has 1 amide bonds. The molecule has 0 unspecified atom stereocenters. The van der Waals surface area contributed by atoms with Crippen LogP contribution in [-0.4, -0.2) is 44.2 Å². The van der Waals surface area contributed by atoms with Crippen LogP contribution in [0, 0.1) is 0 Å². The molecule has 0 bridgehead atoms. The van der Waals surface area contributed by atoms with Gasteiger partial charge in [-0.3, -0.25) is 4.79 Å². The molecule has 7 nitrogen and oxygen atoms in total. The van der Waals surface area contributed by atoms with Gasteiger partial charge < -0.3 is 14.9 Å². The molecule has 0 atom stereocenters. The van der Waals surface area contributed by atoms with Gasteiger partial charge in [0.2, 0.25) is 11.8 Å². The lowest BCUT2D eigenvalue weighted by molar-refractivity contribution is -0.148. The number of aromatic nitrogens is 2. The van der Waals surface area contributed by atoms with Crippen LogP contribution in [0.5, 0.6) is 0 Å². The first-order valence-corrected chi connectivity index (χ1v) is 8.53. The first-order valence-electron chi connectivity index (χ1n) is 7.37. The van der Waals surface area contributed by atoms with Crippen molar-refractivity contribution in [2.75, 3.05) is 11.5 Å². The lowest BCUT2D eigenvalue weighted by Gasteiger charge is -2.33. The first-order chi connectivity index (χ1) is 10.4. The summed E-state index contributed by atoms with van der Waals surface area (Å²) in [6, 6.07) is 0. The van der Waals surface area contributed by atoms with Crippen molar-refractivity contribution in [1.82, 2.24) is 15.5 Å². The fourth-order valence-electron chi connectivity index (χ4n) is 2.27. The molecule has 1 fully saturated rings. The minimum atomic E-state index is -1.12. The number of amides is 1. The predicted molar refractivity (Wildman–Crippen MR) is 81.8 cm³/mol. The van der Waals surface area contributed by atoms with Gasteiger partial charge in [-0.15, -0.1) is 0 Å². The maximum Gasteiger partial charge on any atom is 0.329 e. The van der Waals surface area contributed by atoms with Gasteiger partial charge in [-0.05, 0) is 24.3 Å². The number of carbonyl (C=O) groups is 2. The summed E-state index contributed by atoms with van der Waals surface area (Å²) in [4.78, 5) is 27.8. The molecule has 2 N–H and O–H groups in total. The smallest absolute Gasteiger partial charge is 0.329 e. The summed E-state index contributed by atoms with van der Waals surface area (Å²) in [5.41, 5.74) is -1.12. The van der Waals surface area contributed by atoms with Crippen LogP contribution in [0.2, 0.25) is 0 Å². The van der Waals surface area contributed by atoms with Crippen LogP contribution in [0.3, 0.4) is 0 Å². The number of thioether (sulfide) groups is 1. The Morgan fingerprint density at radius 1 is 1.41 bits per heavy atom. The maximum absolute atomic E-state index is 12.1. The van der Waals surface area contributed by atoms with Crippen LogP contribution < -0.4 is 5.32 Å². The van der Waals surface area contributed by atoms with Gasteiger partial charge in [0, 0.05) is 18.8 Å². The lowest BCUT2D eigenvalue weighted by atomic mass is 9.92. The molecule has 0 radical (unpaired) electrons. The number of rotatable bonds is 6. The fraction of sp³-hybridized carbons (Fsp3) is 0.714. The van der Waals surface area contributed by atoms with E-state index in [0.29, 0.717) is 31.0 Å². The molecule has 1 aromatic rings. The van der Waals surface area contributed by atoms with E-state index in [1.54, 1.807) is 11.8 Å². The van der Waals surface area contributed by atoms with Gasteiger partial charge in [0.15, 0.2) is 5.82 Å². The van der Waals surface area contributed by atoms with Crippen molar-refractivity contribution >= 4 is 23.6 Å². The van der Waals surface area contributed by atoms with Crippen LogP contribution in [0.1, 0.15) is 50.7 Å². The largest absolute Gasteiger partial charge is 0.480 e. The van der Waals surface area contributed by atoms with E-state index >= 15 is 0 Å². The predicted octanol–water partition coefficient (Wildman–Crippen LogP) is 1.59. The van der Waals surface area contributed by atoms with Crippen molar-refractivity contribution < 1.29 is 19.2 Å². The molecule has 8 heteroatoms. The number of aliphatic carboxylic acids is 1. The SMILES string of the molecule is CC(C)c1noc(CCC(=O)NC2(C(=O)O)CCSCC2)n1. The maximum atomic E-state index is 12.1. The highest BCUT2D eigenvalue weighted by atomic mass is 32.2. The van der Waals surface area contributed by atoms with E-state index in [1.807, 2.05) is 13.8 Å². The third kappa shape index (κ3) is 4.00. The van der Waals surface area contributed by atoms with Crippen molar-refractivity contribution in [3.63, 3.8) is 0 Å². The first kappa shape index (κ1) is 16.8. The van der Waals surface area contributed by atoms with Crippen molar-refractivity contribution in [1.29, 1.82) is 0 Å². The number of nitrogens with zero attached hydrogens (tertiary/aromatic N) is 2. The molecule has 22 heavy (non-hydrogen) atoms. The Kier molecular flexibility index (Phi) is 5.44. The Morgan fingerprint density at radius 2 is 2.09 bits per heavy atom. The Hall–Kier alpha value is -1.57. The highest BCUT2D eigenvalue weighted by molar-refractivity contribution is 7.99. The van der Waals surface area contributed by atoms with E-state index in [-0.39, 0.29) is 18.2 Å². The average Bonchev–Trinajstić information content (AvgIpc) is 2.95. The summed E-state index contributed by atoms with van der Waals surface area (Å²) in [6.45, 7) is 3.91. The molecule has 2 rings (SSSR count). The number of aryl methyl sites for hydroxylation is 1. The van der Waals surface area contributed by atoms with Crippen LogP contribution in [0.15, 0.2) is 4.52 Å². The van der Waals surface area contributed by atoms with Crippen LogP contribution in [0.4, 0.5) is 0 Å². The molecule has 1 aliphatic rings. The molecule has 122 valence electrons. The summed E-state index contributed by atoms with van der Waals surface area (Å²) >= 11 is 1.71. The van der Waals surface area contributed by atoms with Crippen molar-refractivity contribution in [3.05, 3.63) is 11.7 Å². The molecule has 1 aliphatic heterocycles. The average molecular weight is 327 g/mol. The van der Waals surface area contributed by atoms with Crippen LogP contribution >= 0.6 is 11.8 Å². The van der Waals surface area contributed by atoms with Crippen LogP contribution in [0.25, 0.3) is 0 Å². The number of carboxylic acid groups (broad SMARTS) is 1. The van der Waals surface area contributed by atoms with Gasteiger partial charge in [-0.2, -0.15) is 16.7 Å². The zero-order chi connectivity index (χ0) is 16.2. The Balaban J connectivity index is 1.89. The molecule has 0 aromatic carbocycles. The standard InChI is InChI=1S/C14H21N3O4S/c1-9(2)12-15-11(21-17-12)4-3-10(18)16-14(13(19)20)5-7-22-8-6-14/h9H,3-8H2,1-2H3,(H,16,18)(H,19,20). The molecule has 1 aromatic heterocycles. The third-order valence-corrected chi connectivity index (χ3v) is 4.69. The normalized spacial score (nSPS) is 17.4. The summed E-state index contributed by atoms with van der Waals surface area (Å²) in [5, 5.41) is 15.9. The Bertz CT molecular complexity index is 538. The molecular weight excluding hydrogens is 306 g/mol. The minimum Gasteiger partial charge on any atom is -0.480 e. The molecule has 0 saturated carbocycles. The molecule has 2 heterocycles. The number of hydrogen-bond donors (Lipinski definition) is 2. The highest BCUT2D eigenvalue weighted by Gasteiger charge is 2.41. The van der Waals surface area contributed by atoms with Crippen molar-refractivity contribution in [2.24, 2.45) is 0 Å². The Labute approximate surface area is 133 Å². The van der Waals surface area contributed by atoms with E-state index in [4.69, 9.17) is 4.52 Å². The quantitative estimate of drug-likeness (QED) is 0.817. The van der Waals surface area contributed by atoms with E-state index in [9.17, 15) is 14.7 Å². The topological polar surface area (TPSA) is 105 Å². The van der Waals surface area contributed by atoms with E-state index in [2.05, 4.69) is 15.5 Å². The number of carboxylic acids is 1. The van der Waals surface area contributed by atoms with Crippen molar-refractivity contribution in [2.45, 2.75) is 51.0 Å². The van der Waals surface area contributed by atoms with Gasteiger partial charge in [-0.25, -0.2) is 4.79 Å². The zero-order valence-corrected chi connectivity index (χ0v) is 13.6. The van der Waals surface area contributed by atoms with E-state index in [0.717, 1.165) is 11.5 Å². The second kappa shape index (κ2) is 7.13. The zero-order valence-electron chi connectivity index (χ0n) is 12.8. The fourth-order valence-corrected chi connectivity index (χ4v) is 3.46. The molecule has 0 spiro atoms. The summed E-state index contributed by atoms with van der Waals surface area (Å²) in [5.74, 6) is 1.42. The Morgan fingerprint density at radius 3 is 2.64 bits per heavy atom. The summed E-state index contributed by atoms with van der Waals surface area (Å²) in [6.07, 6.45) is 1.37. The highest BCUT2D eigenvalue weighted by Crippen LogP contribution is 2.27. The van der Waals surface area contributed by atoms with Gasteiger partial charge in [0.1, 0.15) is 5.54 Å². The van der Waals surface area contributed by atoms with E-state index < -0.39 is 11.5 Å². The lowest BCUT2D eigenvalue weighted by Crippen LogP contribution is -2.56. The number of carbonyl (C=O) groups excluding carboxylic acids is 1. The van der Waals surface area contributed by atoms with Crippen LogP contribution in [-0.2, 0) is 16.0 Å². The monoisotopic (exact) mass is 327 g/mol. The number of nitrogens with one attached hydrogen (secondary N) is 1. The second-order valence-corrected chi connectivity index (χ2v) is 6.97. The van der Waals surface area contributed by atoms with E-state index in [1.165, 1.54) is 0 Å². The second-order valence-electron chi connectivity index (χ2n) is 5.75. The molecule has 1 saturated heterocycles. The molecule has 0 aliphatic carbocycles. The summed E-state index contributed by atoms with van der Waals surface area (Å²) in [7, 11) is 0. The van der Waals surface area contributed by atoms with Gasteiger partial charge in [0.05, 0.1) is 0 Å². The van der Waals surface area contributed by atoms with Gasteiger partial charge in [0.25, 0.3) is 0 Å². The van der Waals surface area contributed by atoms with Crippen molar-refractivity contribution in [3.8, 4) is 0 Å². The molecular formula is C14H21N3O4S.